The number of aromatic nitrogens is 2. The smallest absolute Gasteiger partial charge is 0.159 e. The third-order valence-corrected chi connectivity index (χ3v) is 2.66. The second kappa shape index (κ2) is 5.49. The molecule has 4 nitrogen and oxygen atoms in total. The Hall–Kier alpha value is -2.10. The molecule has 2 rings (SSSR count). The number of aryl methyl sites for hydroxylation is 1. The highest BCUT2D eigenvalue weighted by Gasteiger charge is 2.02. The Labute approximate surface area is 106 Å². The van der Waals surface area contributed by atoms with Crippen molar-refractivity contribution < 1.29 is 9.53 Å². The molecule has 0 spiro atoms. The molecule has 0 aliphatic carbocycles. The summed E-state index contributed by atoms with van der Waals surface area (Å²) in [5.74, 6) is 0.742. The fourth-order valence-electron chi connectivity index (χ4n) is 1.63. The molecular weight excluding hydrogens is 228 g/mol. The second-order valence-corrected chi connectivity index (χ2v) is 4.08. The lowest BCUT2D eigenvalue weighted by atomic mass is 10.1. The van der Waals surface area contributed by atoms with E-state index < -0.39 is 0 Å². The molecule has 18 heavy (non-hydrogen) atoms. The van der Waals surface area contributed by atoms with Gasteiger partial charge in [-0.05, 0) is 26.0 Å². The first-order chi connectivity index (χ1) is 8.69. The van der Waals surface area contributed by atoms with Crippen molar-refractivity contribution in [3.63, 3.8) is 0 Å². The molecular formula is C14H16N2O2. The van der Waals surface area contributed by atoms with Crippen LogP contribution in [0.1, 0.15) is 29.8 Å². The Morgan fingerprint density at radius 3 is 2.94 bits per heavy atom. The monoisotopic (exact) mass is 244 g/mol. The lowest BCUT2D eigenvalue weighted by Gasteiger charge is -2.05. The van der Waals surface area contributed by atoms with Gasteiger partial charge < -0.3 is 4.74 Å². The Morgan fingerprint density at radius 2 is 2.28 bits per heavy atom. The molecule has 94 valence electrons. The van der Waals surface area contributed by atoms with Crippen molar-refractivity contribution in [1.29, 1.82) is 0 Å². The quantitative estimate of drug-likeness (QED) is 0.759. The number of nitrogens with zero attached hydrogens (tertiary/aromatic N) is 2. The van der Waals surface area contributed by atoms with Gasteiger partial charge in [0.15, 0.2) is 5.78 Å². The molecule has 0 fully saturated rings. The van der Waals surface area contributed by atoms with E-state index in [-0.39, 0.29) is 5.78 Å². The molecule has 0 amide bonds. The van der Waals surface area contributed by atoms with Crippen LogP contribution in [0.25, 0.3) is 0 Å². The molecule has 2 aromatic rings. The van der Waals surface area contributed by atoms with Crippen molar-refractivity contribution in [3.8, 4) is 5.75 Å². The van der Waals surface area contributed by atoms with E-state index in [1.54, 1.807) is 25.3 Å². The van der Waals surface area contributed by atoms with Gasteiger partial charge in [-0.1, -0.05) is 12.1 Å². The van der Waals surface area contributed by atoms with E-state index in [1.165, 1.54) is 0 Å². The molecule has 4 heteroatoms. The van der Waals surface area contributed by atoms with Gasteiger partial charge >= 0.3 is 0 Å². The molecule has 0 aliphatic heterocycles. The molecule has 0 atom stereocenters. The Balaban J connectivity index is 2.01. The van der Waals surface area contributed by atoms with Gasteiger partial charge in [0.05, 0.1) is 6.20 Å². The van der Waals surface area contributed by atoms with Crippen LogP contribution in [0.4, 0.5) is 0 Å². The number of benzene rings is 1. The van der Waals surface area contributed by atoms with E-state index in [4.69, 9.17) is 4.74 Å². The zero-order valence-electron chi connectivity index (χ0n) is 10.6. The van der Waals surface area contributed by atoms with Crippen LogP contribution in [0.2, 0.25) is 0 Å². The van der Waals surface area contributed by atoms with Crippen LogP contribution in [0.15, 0.2) is 36.7 Å². The summed E-state index contributed by atoms with van der Waals surface area (Å²) in [5, 5.41) is 4.18. The summed E-state index contributed by atoms with van der Waals surface area (Å²) in [5.41, 5.74) is 1.68. The Kier molecular flexibility index (Phi) is 3.77. The number of carbonyl (C=O) groups excluding carboxylic acids is 1. The summed E-state index contributed by atoms with van der Waals surface area (Å²) in [6.07, 6.45) is 3.74. The SMILES string of the molecule is CCn1cc(COc2cccc(C(C)=O)c2)cn1. The van der Waals surface area contributed by atoms with Gasteiger partial charge in [0.1, 0.15) is 12.4 Å². The first-order valence-corrected chi connectivity index (χ1v) is 5.94. The first kappa shape index (κ1) is 12.4. The van der Waals surface area contributed by atoms with Crippen LogP contribution in [0.3, 0.4) is 0 Å². The molecule has 0 bridgehead atoms. The van der Waals surface area contributed by atoms with Crippen molar-refractivity contribution in [2.45, 2.75) is 27.0 Å². The van der Waals surface area contributed by atoms with Crippen LogP contribution in [-0.2, 0) is 13.2 Å². The van der Waals surface area contributed by atoms with Crippen LogP contribution in [0, 0.1) is 0 Å². The maximum absolute atomic E-state index is 11.2. The summed E-state index contributed by atoms with van der Waals surface area (Å²) in [6, 6.07) is 7.20. The minimum Gasteiger partial charge on any atom is -0.489 e. The van der Waals surface area contributed by atoms with Crippen molar-refractivity contribution >= 4 is 5.78 Å². The highest BCUT2D eigenvalue weighted by atomic mass is 16.5. The fraction of sp³-hybridized carbons (Fsp3) is 0.286. The number of hydrogen-bond donors (Lipinski definition) is 0. The summed E-state index contributed by atoms with van der Waals surface area (Å²) >= 11 is 0. The highest BCUT2D eigenvalue weighted by molar-refractivity contribution is 5.94. The Morgan fingerprint density at radius 1 is 1.44 bits per heavy atom. The van der Waals surface area contributed by atoms with Gasteiger partial charge in [-0.25, -0.2) is 0 Å². The standard InChI is InChI=1S/C14H16N2O2/c1-3-16-9-12(8-15-16)10-18-14-6-4-5-13(7-14)11(2)17/h4-9H,3,10H2,1-2H3. The average Bonchev–Trinajstić information content (AvgIpc) is 2.84. The molecule has 0 saturated carbocycles. The van der Waals surface area contributed by atoms with E-state index >= 15 is 0 Å². The number of hydrogen-bond acceptors (Lipinski definition) is 3. The number of ketones is 1. The summed E-state index contributed by atoms with van der Waals surface area (Å²) in [4.78, 5) is 11.2. The predicted octanol–water partition coefficient (Wildman–Crippen LogP) is 2.68. The fourth-order valence-corrected chi connectivity index (χ4v) is 1.63. The molecule has 0 N–H and O–H groups in total. The predicted molar refractivity (Wildman–Crippen MR) is 68.7 cm³/mol. The average molecular weight is 244 g/mol. The van der Waals surface area contributed by atoms with Crippen LogP contribution < -0.4 is 4.74 Å². The molecule has 1 aromatic carbocycles. The largest absolute Gasteiger partial charge is 0.489 e. The number of ether oxygens (including phenoxy) is 1. The first-order valence-electron chi connectivity index (χ1n) is 5.94. The minimum absolute atomic E-state index is 0.0410. The highest BCUT2D eigenvalue weighted by Crippen LogP contribution is 2.15. The normalized spacial score (nSPS) is 10.3. The lowest BCUT2D eigenvalue weighted by Crippen LogP contribution is -1.97. The zero-order valence-corrected chi connectivity index (χ0v) is 10.6. The molecule has 0 unspecified atom stereocenters. The molecule has 1 heterocycles. The summed E-state index contributed by atoms with van der Waals surface area (Å²) < 4.78 is 7.49. The minimum atomic E-state index is 0.0410. The van der Waals surface area contributed by atoms with Gasteiger partial charge in [0, 0.05) is 23.9 Å². The number of rotatable bonds is 5. The van der Waals surface area contributed by atoms with E-state index in [0.29, 0.717) is 17.9 Å². The summed E-state index contributed by atoms with van der Waals surface area (Å²) in [7, 11) is 0. The lowest BCUT2D eigenvalue weighted by molar-refractivity contribution is 0.101. The Bertz CT molecular complexity index is 546. The summed E-state index contributed by atoms with van der Waals surface area (Å²) in [6.45, 7) is 4.89. The number of Topliss-reactive ketones (excluding diaryl/α,β-unsaturated/α-hetero) is 1. The molecule has 0 saturated heterocycles. The van der Waals surface area contributed by atoms with Gasteiger partial charge in [0.2, 0.25) is 0 Å². The molecule has 0 radical (unpaired) electrons. The number of carbonyl (C=O) groups is 1. The van der Waals surface area contributed by atoms with E-state index in [1.807, 2.05) is 29.9 Å². The van der Waals surface area contributed by atoms with Crippen LogP contribution >= 0.6 is 0 Å². The molecule has 1 aromatic heterocycles. The van der Waals surface area contributed by atoms with E-state index in [2.05, 4.69) is 5.10 Å². The maximum atomic E-state index is 11.2. The van der Waals surface area contributed by atoms with E-state index in [9.17, 15) is 4.79 Å². The van der Waals surface area contributed by atoms with Gasteiger partial charge in [0.25, 0.3) is 0 Å². The zero-order chi connectivity index (χ0) is 13.0. The van der Waals surface area contributed by atoms with Crippen molar-refractivity contribution in [3.05, 3.63) is 47.8 Å². The van der Waals surface area contributed by atoms with Crippen molar-refractivity contribution in [1.82, 2.24) is 9.78 Å². The van der Waals surface area contributed by atoms with Gasteiger partial charge in [-0.15, -0.1) is 0 Å². The van der Waals surface area contributed by atoms with Crippen molar-refractivity contribution in [2.24, 2.45) is 0 Å². The van der Waals surface area contributed by atoms with Gasteiger partial charge in [-0.2, -0.15) is 5.10 Å². The third kappa shape index (κ3) is 2.97. The molecule has 0 aliphatic rings. The van der Waals surface area contributed by atoms with Crippen LogP contribution in [-0.4, -0.2) is 15.6 Å². The van der Waals surface area contributed by atoms with E-state index in [0.717, 1.165) is 12.1 Å². The van der Waals surface area contributed by atoms with Crippen LogP contribution in [0.5, 0.6) is 5.75 Å². The third-order valence-electron chi connectivity index (χ3n) is 2.66. The topological polar surface area (TPSA) is 44.1 Å². The van der Waals surface area contributed by atoms with Gasteiger partial charge in [-0.3, -0.25) is 9.48 Å². The maximum Gasteiger partial charge on any atom is 0.159 e. The van der Waals surface area contributed by atoms with Crippen molar-refractivity contribution in [2.75, 3.05) is 0 Å². The second-order valence-electron chi connectivity index (χ2n) is 4.08.